The molecule has 0 spiro atoms. The second-order valence-corrected chi connectivity index (χ2v) is 7.13. The van der Waals surface area contributed by atoms with E-state index in [1.807, 2.05) is 13.8 Å². The first kappa shape index (κ1) is 17.7. The SMILES string of the molecule is COCCN(C(C)C)S(=O)(=O)c1cc(CCl)ccc1Cl. The minimum atomic E-state index is -3.67. The van der Waals surface area contributed by atoms with Gasteiger partial charge in [0.25, 0.3) is 0 Å². The first-order valence-electron chi connectivity index (χ1n) is 6.19. The molecule has 1 rings (SSSR count). The number of halogens is 2. The highest BCUT2D eigenvalue weighted by molar-refractivity contribution is 7.89. The summed E-state index contributed by atoms with van der Waals surface area (Å²) in [7, 11) is -2.14. The van der Waals surface area contributed by atoms with Gasteiger partial charge in [-0.15, -0.1) is 11.6 Å². The number of ether oxygens (including phenoxy) is 1. The van der Waals surface area contributed by atoms with Crippen molar-refractivity contribution in [1.82, 2.24) is 4.31 Å². The number of benzene rings is 1. The van der Waals surface area contributed by atoms with Crippen molar-refractivity contribution in [1.29, 1.82) is 0 Å². The zero-order chi connectivity index (χ0) is 15.3. The lowest BCUT2D eigenvalue weighted by atomic mass is 10.2. The van der Waals surface area contributed by atoms with Gasteiger partial charge in [0, 0.05) is 25.6 Å². The number of alkyl halides is 1. The average molecular weight is 340 g/mol. The Balaban J connectivity index is 3.25. The van der Waals surface area contributed by atoms with Crippen molar-refractivity contribution in [2.45, 2.75) is 30.7 Å². The summed E-state index contributed by atoms with van der Waals surface area (Å²) in [5.74, 6) is 0.236. The van der Waals surface area contributed by atoms with E-state index in [-0.39, 0.29) is 28.4 Å². The fourth-order valence-electron chi connectivity index (χ4n) is 1.79. The summed E-state index contributed by atoms with van der Waals surface area (Å²) < 4.78 is 31.8. The molecule has 0 aliphatic rings. The lowest BCUT2D eigenvalue weighted by molar-refractivity contribution is 0.171. The van der Waals surface area contributed by atoms with Gasteiger partial charge in [-0.25, -0.2) is 8.42 Å². The van der Waals surface area contributed by atoms with Gasteiger partial charge in [0.1, 0.15) is 4.90 Å². The molecule has 0 N–H and O–H groups in total. The Kier molecular flexibility index (Phi) is 6.75. The Hall–Kier alpha value is -0.330. The van der Waals surface area contributed by atoms with Gasteiger partial charge in [-0.1, -0.05) is 17.7 Å². The Morgan fingerprint density at radius 1 is 1.35 bits per heavy atom. The molecule has 1 aromatic rings. The number of nitrogens with zero attached hydrogens (tertiary/aromatic N) is 1. The summed E-state index contributed by atoms with van der Waals surface area (Å²) >= 11 is 11.8. The zero-order valence-corrected chi connectivity index (χ0v) is 14.1. The van der Waals surface area contributed by atoms with Crippen molar-refractivity contribution >= 4 is 33.2 Å². The standard InChI is InChI=1S/C13H19Cl2NO3S/c1-10(2)16(6-7-19-3)20(17,18)13-8-11(9-14)4-5-12(13)15/h4-5,8,10H,6-7,9H2,1-3H3. The lowest BCUT2D eigenvalue weighted by Gasteiger charge is -2.26. The van der Waals surface area contributed by atoms with E-state index in [2.05, 4.69) is 0 Å². The van der Waals surface area contributed by atoms with E-state index in [0.717, 1.165) is 0 Å². The molecule has 0 bridgehead atoms. The molecule has 0 fully saturated rings. The first-order valence-corrected chi connectivity index (χ1v) is 8.55. The van der Waals surface area contributed by atoms with E-state index in [1.165, 1.54) is 17.5 Å². The number of hydrogen-bond acceptors (Lipinski definition) is 3. The van der Waals surface area contributed by atoms with Crippen LogP contribution in [0.2, 0.25) is 5.02 Å². The van der Waals surface area contributed by atoms with Crippen LogP contribution in [-0.4, -0.2) is 39.0 Å². The molecule has 0 saturated carbocycles. The topological polar surface area (TPSA) is 46.6 Å². The minimum Gasteiger partial charge on any atom is -0.383 e. The highest BCUT2D eigenvalue weighted by Gasteiger charge is 2.28. The third-order valence-electron chi connectivity index (χ3n) is 2.83. The summed E-state index contributed by atoms with van der Waals surface area (Å²) in [6, 6.07) is 4.60. The molecule has 0 aliphatic heterocycles. The van der Waals surface area contributed by atoms with Crippen LogP contribution in [0.4, 0.5) is 0 Å². The zero-order valence-electron chi connectivity index (χ0n) is 11.8. The third kappa shape index (κ3) is 4.09. The smallest absolute Gasteiger partial charge is 0.244 e. The molecule has 7 heteroatoms. The molecule has 0 unspecified atom stereocenters. The number of methoxy groups -OCH3 is 1. The maximum absolute atomic E-state index is 12.7. The van der Waals surface area contributed by atoms with Crippen molar-refractivity contribution < 1.29 is 13.2 Å². The van der Waals surface area contributed by atoms with Crippen LogP contribution in [-0.2, 0) is 20.6 Å². The number of rotatable bonds is 7. The van der Waals surface area contributed by atoms with Crippen LogP contribution in [0.1, 0.15) is 19.4 Å². The molecule has 0 radical (unpaired) electrons. The molecule has 114 valence electrons. The van der Waals surface area contributed by atoms with Crippen LogP contribution in [0.5, 0.6) is 0 Å². The normalized spacial score (nSPS) is 12.3. The van der Waals surface area contributed by atoms with Crippen molar-refractivity contribution in [3.8, 4) is 0 Å². The molecule has 0 aromatic heterocycles. The van der Waals surface area contributed by atoms with Crippen LogP contribution < -0.4 is 0 Å². The molecular formula is C13H19Cl2NO3S. The van der Waals surface area contributed by atoms with Crippen LogP contribution in [0.25, 0.3) is 0 Å². The molecule has 1 aromatic carbocycles. The highest BCUT2D eigenvalue weighted by Crippen LogP contribution is 2.27. The molecule has 0 saturated heterocycles. The van der Waals surface area contributed by atoms with E-state index in [1.54, 1.807) is 12.1 Å². The minimum absolute atomic E-state index is 0.0853. The van der Waals surface area contributed by atoms with Gasteiger partial charge in [-0.05, 0) is 31.5 Å². The van der Waals surface area contributed by atoms with Crippen LogP contribution in [0.3, 0.4) is 0 Å². The summed E-state index contributed by atoms with van der Waals surface area (Å²) in [5, 5.41) is 0.196. The van der Waals surface area contributed by atoms with Gasteiger partial charge in [0.15, 0.2) is 0 Å². The predicted molar refractivity (Wildman–Crippen MR) is 81.9 cm³/mol. The van der Waals surface area contributed by atoms with E-state index in [0.29, 0.717) is 12.2 Å². The Morgan fingerprint density at radius 2 is 2.00 bits per heavy atom. The predicted octanol–water partition coefficient (Wildman–Crippen LogP) is 3.12. The maximum atomic E-state index is 12.7. The highest BCUT2D eigenvalue weighted by atomic mass is 35.5. The number of sulfonamides is 1. The van der Waals surface area contributed by atoms with Crippen molar-refractivity contribution in [2.75, 3.05) is 20.3 Å². The molecule has 0 amide bonds. The summed E-state index contributed by atoms with van der Waals surface area (Å²) in [4.78, 5) is 0.0853. The van der Waals surface area contributed by atoms with Crippen molar-refractivity contribution in [2.24, 2.45) is 0 Å². The molecule has 0 heterocycles. The van der Waals surface area contributed by atoms with E-state index < -0.39 is 10.0 Å². The third-order valence-corrected chi connectivity index (χ3v) is 5.69. The fraction of sp³-hybridized carbons (Fsp3) is 0.538. The van der Waals surface area contributed by atoms with Gasteiger partial charge >= 0.3 is 0 Å². The number of hydrogen-bond donors (Lipinski definition) is 0. The molecule has 0 aliphatic carbocycles. The fourth-order valence-corrected chi connectivity index (χ4v) is 4.11. The summed E-state index contributed by atoms with van der Waals surface area (Å²) in [5.41, 5.74) is 0.713. The van der Waals surface area contributed by atoms with Crippen LogP contribution in [0.15, 0.2) is 23.1 Å². The van der Waals surface area contributed by atoms with Crippen molar-refractivity contribution in [3.05, 3.63) is 28.8 Å². The van der Waals surface area contributed by atoms with Gasteiger partial charge in [-0.2, -0.15) is 4.31 Å². The molecular weight excluding hydrogens is 321 g/mol. The summed E-state index contributed by atoms with van der Waals surface area (Å²) in [6.45, 7) is 4.22. The van der Waals surface area contributed by atoms with E-state index in [9.17, 15) is 8.42 Å². The van der Waals surface area contributed by atoms with E-state index in [4.69, 9.17) is 27.9 Å². The summed E-state index contributed by atoms with van der Waals surface area (Å²) in [6.07, 6.45) is 0. The van der Waals surface area contributed by atoms with E-state index >= 15 is 0 Å². The monoisotopic (exact) mass is 339 g/mol. The quantitative estimate of drug-likeness (QED) is 0.717. The van der Waals surface area contributed by atoms with Gasteiger partial charge in [0.2, 0.25) is 10.0 Å². The van der Waals surface area contributed by atoms with Crippen LogP contribution >= 0.6 is 23.2 Å². The molecule has 4 nitrogen and oxygen atoms in total. The Labute approximate surface area is 130 Å². The van der Waals surface area contributed by atoms with Crippen molar-refractivity contribution in [3.63, 3.8) is 0 Å². The Morgan fingerprint density at radius 3 is 2.50 bits per heavy atom. The van der Waals surface area contributed by atoms with Gasteiger partial charge in [0.05, 0.1) is 11.6 Å². The lowest BCUT2D eigenvalue weighted by Crippen LogP contribution is -2.39. The van der Waals surface area contributed by atoms with Gasteiger partial charge < -0.3 is 4.74 Å². The largest absolute Gasteiger partial charge is 0.383 e. The average Bonchev–Trinajstić information content (AvgIpc) is 2.38. The Bertz CT molecular complexity index is 547. The van der Waals surface area contributed by atoms with Crippen LogP contribution in [0, 0.1) is 0 Å². The first-order chi connectivity index (χ1) is 9.34. The molecule has 0 atom stereocenters. The second kappa shape index (κ2) is 7.61. The molecule has 20 heavy (non-hydrogen) atoms. The second-order valence-electron chi connectivity index (χ2n) is 4.60. The maximum Gasteiger partial charge on any atom is 0.244 e. The van der Waals surface area contributed by atoms with Gasteiger partial charge in [-0.3, -0.25) is 0 Å².